The molecule has 16 heavy (non-hydrogen) atoms. The first-order chi connectivity index (χ1) is 7.79. The zero-order valence-corrected chi connectivity index (χ0v) is 10.3. The fourth-order valence-electron chi connectivity index (χ4n) is 1.11. The lowest BCUT2D eigenvalue weighted by Gasteiger charge is -2.03. The second-order valence-corrected chi connectivity index (χ2v) is 3.79. The highest BCUT2D eigenvalue weighted by molar-refractivity contribution is 9.10. The van der Waals surface area contributed by atoms with E-state index in [0.29, 0.717) is 22.1 Å². The molecular weight excluding hydrogens is 274 g/mol. The van der Waals surface area contributed by atoms with Crippen molar-refractivity contribution in [2.75, 3.05) is 0 Å². The van der Waals surface area contributed by atoms with Gasteiger partial charge in [0.2, 0.25) is 11.7 Å². The number of nitrogens with zero attached hydrogens (tertiary/aromatic N) is 3. The maximum Gasteiger partial charge on any atom is 0.226 e. The highest BCUT2D eigenvalue weighted by Crippen LogP contribution is 2.21. The van der Waals surface area contributed by atoms with Gasteiger partial charge in [0, 0.05) is 12.6 Å². The first-order valence-corrected chi connectivity index (χ1v) is 5.63. The van der Waals surface area contributed by atoms with Crippen LogP contribution in [-0.4, -0.2) is 15.1 Å². The molecule has 0 amide bonds. The summed E-state index contributed by atoms with van der Waals surface area (Å²) in [6, 6.07) is 3.62. The van der Waals surface area contributed by atoms with Gasteiger partial charge in [0.15, 0.2) is 12.4 Å². The molecule has 5 nitrogen and oxygen atoms in total. The van der Waals surface area contributed by atoms with Gasteiger partial charge in [0.25, 0.3) is 0 Å². The minimum Gasteiger partial charge on any atom is -0.483 e. The SMILES string of the molecule is CCc1nc(COc2cccnc2Br)no1. The molecule has 0 bridgehead atoms. The largest absolute Gasteiger partial charge is 0.483 e. The van der Waals surface area contributed by atoms with E-state index in [2.05, 4.69) is 31.1 Å². The highest BCUT2D eigenvalue weighted by Gasteiger charge is 2.06. The Hall–Kier alpha value is -1.43. The summed E-state index contributed by atoms with van der Waals surface area (Å²) in [5.74, 6) is 1.81. The van der Waals surface area contributed by atoms with E-state index in [1.54, 1.807) is 12.3 Å². The Morgan fingerprint density at radius 3 is 3.06 bits per heavy atom. The number of aromatic nitrogens is 3. The Bertz CT molecular complexity index is 473. The number of rotatable bonds is 4. The van der Waals surface area contributed by atoms with Gasteiger partial charge < -0.3 is 9.26 Å². The van der Waals surface area contributed by atoms with Crippen molar-refractivity contribution < 1.29 is 9.26 Å². The smallest absolute Gasteiger partial charge is 0.226 e. The summed E-state index contributed by atoms with van der Waals surface area (Å²) in [5, 5.41) is 3.78. The lowest BCUT2D eigenvalue weighted by atomic mass is 10.4. The third-order valence-corrected chi connectivity index (χ3v) is 2.49. The molecule has 2 aromatic heterocycles. The fourth-order valence-corrected chi connectivity index (χ4v) is 1.48. The van der Waals surface area contributed by atoms with Crippen LogP contribution in [0.1, 0.15) is 18.6 Å². The van der Waals surface area contributed by atoms with Crippen molar-refractivity contribution in [3.63, 3.8) is 0 Å². The highest BCUT2D eigenvalue weighted by atomic mass is 79.9. The maximum absolute atomic E-state index is 5.49. The molecule has 84 valence electrons. The molecule has 0 saturated carbocycles. The summed E-state index contributed by atoms with van der Waals surface area (Å²) >= 11 is 3.29. The van der Waals surface area contributed by atoms with Crippen molar-refractivity contribution >= 4 is 15.9 Å². The van der Waals surface area contributed by atoms with Gasteiger partial charge in [-0.3, -0.25) is 0 Å². The molecule has 0 aromatic carbocycles. The van der Waals surface area contributed by atoms with Crippen LogP contribution in [0.15, 0.2) is 27.5 Å². The van der Waals surface area contributed by atoms with Crippen LogP contribution in [0.4, 0.5) is 0 Å². The number of ether oxygens (including phenoxy) is 1. The molecule has 0 saturated heterocycles. The lowest BCUT2D eigenvalue weighted by molar-refractivity contribution is 0.282. The van der Waals surface area contributed by atoms with Crippen molar-refractivity contribution in [2.45, 2.75) is 20.0 Å². The summed E-state index contributed by atoms with van der Waals surface area (Å²) in [6.07, 6.45) is 2.41. The molecule has 2 heterocycles. The fraction of sp³-hybridized carbons (Fsp3) is 0.300. The molecule has 0 fully saturated rings. The van der Waals surface area contributed by atoms with E-state index in [1.807, 2.05) is 13.0 Å². The molecule has 0 atom stereocenters. The molecule has 0 aliphatic carbocycles. The quantitative estimate of drug-likeness (QED) is 0.806. The van der Waals surface area contributed by atoms with Crippen LogP contribution in [-0.2, 0) is 13.0 Å². The van der Waals surface area contributed by atoms with Crippen molar-refractivity contribution in [1.82, 2.24) is 15.1 Å². The van der Waals surface area contributed by atoms with Gasteiger partial charge in [0.05, 0.1) is 0 Å². The zero-order valence-electron chi connectivity index (χ0n) is 8.68. The van der Waals surface area contributed by atoms with E-state index in [4.69, 9.17) is 9.26 Å². The van der Waals surface area contributed by atoms with Gasteiger partial charge in [0.1, 0.15) is 4.60 Å². The summed E-state index contributed by atoms with van der Waals surface area (Å²) in [6.45, 7) is 2.23. The van der Waals surface area contributed by atoms with Crippen LogP contribution in [0.25, 0.3) is 0 Å². The summed E-state index contributed by atoms with van der Waals surface area (Å²) in [5.41, 5.74) is 0. The van der Waals surface area contributed by atoms with Crippen LogP contribution in [0.3, 0.4) is 0 Å². The van der Waals surface area contributed by atoms with Gasteiger partial charge in [-0.1, -0.05) is 12.1 Å². The minimum atomic E-state index is 0.272. The average molecular weight is 284 g/mol. The standard InChI is InChI=1S/C10H10BrN3O2/c1-2-9-13-8(14-16-9)6-15-7-4-3-5-12-10(7)11/h3-5H,2,6H2,1H3. The Morgan fingerprint density at radius 1 is 1.50 bits per heavy atom. The van der Waals surface area contributed by atoms with E-state index >= 15 is 0 Å². The number of pyridine rings is 1. The Morgan fingerprint density at radius 2 is 2.38 bits per heavy atom. The molecule has 0 radical (unpaired) electrons. The van der Waals surface area contributed by atoms with Gasteiger partial charge in [-0.05, 0) is 28.1 Å². The maximum atomic E-state index is 5.49. The summed E-state index contributed by atoms with van der Waals surface area (Å²) < 4.78 is 11.1. The Kier molecular flexibility index (Phi) is 3.51. The molecule has 2 rings (SSSR count). The molecule has 0 unspecified atom stereocenters. The monoisotopic (exact) mass is 283 g/mol. The van der Waals surface area contributed by atoms with E-state index in [9.17, 15) is 0 Å². The predicted molar refractivity (Wildman–Crippen MR) is 59.9 cm³/mol. The van der Waals surface area contributed by atoms with Crippen LogP contribution in [0.2, 0.25) is 0 Å². The van der Waals surface area contributed by atoms with Crippen LogP contribution in [0.5, 0.6) is 5.75 Å². The second kappa shape index (κ2) is 5.07. The number of hydrogen-bond donors (Lipinski definition) is 0. The van der Waals surface area contributed by atoms with Gasteiger partial charge in [-0.2, -0.15) is 4.98 Å². The lowest BCUT2D eigenvalue weighted by Crippen LogP contribution is -1.98. The average Bonchev–Trinajstić information content (AvgIpc) is 2.76. The van der Waals surface area contributed by atoms with E-state index in [1.165, 1.54) is 0 Å². The van der Waals surface area contributed by atoms with E-state index in [-0.39, 0.29) is 6.61 Å². The Labute approximate surface area is 101 Å². The van der Waals surface area contributed by atoms with Gasteiger partial charge in [-0.25, -0.2) is 4.98 Å². The Balaban J connectivity index is 1.99. The van der Waals surface area contributed by atoms with Crippen molar-refractivity contribution in [2.24, 2.45) is 0 Å². The first kappa shape index (κ1) is 11.1. The molecule has 0 aliphatic heterocycles. The van der Waals surface area contributed by atoms with Crippen LogP contribution >= 0.6 is 15.9 Å². The number of aryl methyl sites for hydroxylation is 1. The topological polar surface area (TPSA) is 61.0 Å². The van der Waals surface area contributed by atoms with Gasteiger partial charge in [-0.15, -0.1) is 0 Å². The summed E-state index contributed by atoms with van der Waals surface area (Å²) in [7, 11) is 0. The zero-order chi connectivity index (χ0) is 11.4. The van der Waals surface area contributed by atoms with Crippen molar-refractivity contribution in [3.05, 3.63) is 34.6 Å². The first-order valence-electron chi connectivity index (χ1n) is 4.84. The van der Waals surface area contributed by atoms with Gasteiger partial charge >= 0.3 is 0 Å². The van der Waals surface area contributed by atoms with Crippen LogP contribution in [0, 0.1) is 0 Å². The third kappa shape index (κ3) is 2.57. The molecule has 2 aromatic rings. The van der Waals surface area contributed by atoms with E-state index < -0.39 is 0 Å². The molecule has 6 heteroatoms. The number of halogens is 1. The van der Waals surface area contributed by atoms with Crippen LogP contribution < -0.4 is 4.74 Å². The molecule has 0 aliphatic rings. The molecule has 0 spiro atoms. The number of hydrogen-bond acceptors (Lipinski definition) is 5. The third-order valence-electron chi connectivity index (χ3n) is 1.89. The van der Waals surface area contributed by atoms with E-state index in [0.717, 1.165) is 6.42 Å². The van der Waals surface area contributed by atoms with Crippen molar-refractivity contribution in [3.8, 4) is 5.75 Å². The minimum absolute atomic E-state index is 0.272. The predicted octanol–water partition coefficient (Wildman–Crippen LogP) is 2.37. The second-order valence-electron chi connectivity index (χ2n) is 3.04. The molecular formula is C10H10BrN3O2. The molecule has 0 N–H and O–H groups in total. The normalized spacial score (nSPS) is 10.4. The summed E-state index contributed by atoms with van der Waals surface area (Å²) in [4.78, 5) is 8.18. The van der Waals surface area contributed by atoms with Crippen molar-refractivity contribution in [1.29, 1.82) is 0 Å².